The topological polar surface area (TPSA) is 15.3 Å². The van der Waals surface area contributed by atoms with Gasteiger partial charge >= 0.3 is 0 Å². The summed E-state index contributed by atoms with van der Waals surface area (Å²) in [5.74, 6) is 2.18. The van der Waals surface area contributed by atoms with E-state index in [-0.39, 0.29) is 0 Å². The Morgan fingerprint density at radius 2 is 1.95 bits per heavy atom. The summed E-state index contributed by atoms with van der Waals surface area (Å²) in [6.45, 7) is 8.72. The fourth-order valence-electron chi connectivity index (χ4n) is 3.56. The lowest BCUT2D eigenvalue weighted by molar-refractivity contribution is 0.203. The molecule has 0 amide bonds. The third kappa shape index (κ3) is 4.95. The molecule has 1 heterocycles. The largest absolute Gasteiger partial charge is 0.317 e. The lowest BCUT2D eigenvalue weighted by Crippen LogP contribution is -2.41. The minimum absolute atomic E-state index is 0.487. The highest BCUT2D eigenvalue weighted by Gasteiger charge is 2.28. The van der Waals surface area contributed by atoms with Crippen molar-refractivity contribution in [2.24, 2.45) is 5.92 Å². The first kappa shape index (κ1) is 15.7. The predicted molar refractivity (Wildman–Crippen MR) is 87.0 cm³/mol. The Bertz CT molecular complexity index is 267. The van der Waals surface area contributed by atoms with Gasteiger partial charge in [-0.3, -0.25) is 0 Å². The summed E-state index contributed by atoms with van der Waals surface area (Å²) in [7, 11) is 2.16. The molecule has 1 saturated carbocycles. The summed E-state index contributed by atoms with van der Waals surface area (Å²) in [6.07, 6.45) is 8.46. The zero-order chi connectivity index (χ0) is 13.7. The molecule has 0 radical (unpaired) electrons. The second-order valence-corrected chi connectivity index (χ2v) is 8.75. The average molecular weight is 285 g/mol. The standard InChI is InChI=1S/C16H32N2S/c1-16(2)9-10-18(11-12-19-16)13-14-7-5-4-6-8-15(14)17-3/h14-15,17H,4-13H2,1-3H3. The van der Waals surface area contributed by atoms with E-state index in [1.165, 1.54) is 63.9 Å². The molecule has 0 aromatic heterocycles. The predicted octanol–water partition coefficient (Wildman–Crippen LogP) is 3.37. The zero-order valence-corrected chi connectivity index (χ0v) is 13.9. The van der Waals surface area contributed by atoms with E-state index < -0.39 is 0 Å². The van der Waals surface area contributed by atoms with Crippen LogP contribution >= 0.6 is 11.8 Å². The Kier molecular flexibility index (Phi) is 6.04. The number of nitrogens with zero attached hydrogens (tertiary/aromatic N) is 1. The minimum atomic E-state index is 0.487. The maximum Gasteiger partial charge on any atom is 0.0116 e. The second-order valence-electron chi connectivity index (χ2n) is 6.95. The van der Waals surface area contributed by atoms with Gasteiger partial charge in [0, 0.05) is 29.6 Å². The Labute approximate surface area is 124 Å². The van der Waals surface area contributed by atoms with Crippen LogP contribution in [0.4, 0.5) is 0 Å². The molecular formula is C16H32N2S. The number of nitrogens with one attached hydrogen (secondary N) is 1. The van der Waals surface area contributed by atoms with Crippen LogP contribution in [-0.4, -0.2) is 48.1 Å². The average Bonchev–Trinajstić information content (AvgIpc) is 2.69. The molecule has 2 aliphatic rings. The fraction of sp³-hybridized carbons (Fsp3) is 1.00. The molecule has 1 aliphatic heterocycles. The van der Waals surface area contributed by atoms with Crippen molar-refractivity contribution in [1.82, 2.24) is 10.2 Å². The monoisotopic (exact) mass is 284 g/mol. The molecule has 0 aromatic rings. The summed E-state index contributed by atoms with van der Waals surface area (Å²) in [6, 6.07) is 0.756. The highest BCUT2D eigenvalue weighted by molar-refractivity contribution is 8.00. The van der Waals surface area contributed by atoms with Crippen molar-refractivity contribution in [2.75, 3.05) is 32.4 Å². The molecule has 0 spiro atoms. The summed E-state index contributed by atoms with van der Waals surface area (Å²) in [4.78, 5) is 2.74. The van der Waals surface area contributed by atoms with Crippen LogP contribution in [0.3, 0.4) is 0 Å². The molecule has 2 unspecified atom stereocenters. The van der Waals surface area contributed by atoms with Gasteiger partial charge in [-0.15, -0.1) is 0 Å². The molecule has 2 nitrogen and oxygen atoms in total. The van der Waals surface area contributed by atoms with Crippen LogP contribution in [0.25, 0.3) is 0 Å². The molecule has 1 aliphatic carbocycles. The van der Waals surface area contributed by atoms with Gasteiger partial charge in [0.2, 0.25) is 0 Å². The van der Waals surface area contributed by atoms with E-state index in [4.69, 9.17) is 0 Å². The number of hydrogen-bond donors (Lipinski definition) is 1. The van der Waals surface area contributed by atoms with Crippen molar-refractivity contribution < 1.29 is 0 Å². The van der Waals surface area contributed by atoms with Crippen LogP contribution < -0.4 is 5.32 Å². The molecular weight excluding hydrogens is 252 g/mol. The molecule has 2 rings (SSSR count). The Morgan fingerprint density at radius 1 is 1.16 bits per heavy atom. The van der Waals surface area contributed by atoms with Crippen LogP contribution in [-0.2, 0) is 0 Å². The second kappa shape index (κ2) is 7.33. The number of thioether (sulfide) groups is 1. The van der Waals surface area contributed by atoms with E-state index in [0.717, 1.165) is 12.0 Å². The summed E-state index contributed by atoms with van der Waals surface area (Å²) >= 11 is 2.16. The first-order valence-corrected chi connectivity index (χ1v) is 9.13. The van der Waals surface area contributed by atoms with Crippen LogP contribution in [0.2, 0.25) is 0 Å². The van der Waals surface area contributed by atoms with E-state index in [1.807, 2.05) is 0 Å². The molecule has 112 valence electrons. The molecule has 1 saturated heterocycles. The molecule has 3 heteroatoms. The molecule has 2 fully saturated rings. The maximum absolute atomic E-state index is 3.58. The Balaban J connectivity index is 1.87. The van der Waals surface area contributed by atoms with E-state index in [9.17, 15) is 0 Å². The van der Waals surface area contributed by atoms with Crippen LogP contribution in [0.1, 0.15) is 52.4 Å². The first-order chi connectivity index (χ1) is 9.11. The SMILES string of the molecule is CNC1CCCCCC1CN1CCSC(C)(C)CC1. The quantitative estimate of drug-likeness (QED) is 0.800. The summed E-state index contributed by atoms with van der Waals surface area (Å²) < 4.78 is 0.487. The van der Waals surface area contributed by atoms with Gasteiger partial charge in [-0.05, 0) is 38.8 Å². The summed E-state index contributed by atoms with van der Waals surface area (Å²) in [5, 5.41) is 3.58. The van der Waals surface area contributed by atoms with E-state index in [2.05, 4.69) is 42.9 Å². The van der Waals surface area contributed by atoms with Crippen molar-refractivity contribution in [3.63, 3.8) is 0 Å². The Morgan fingerprint density at radius 3 is 2.74 bits per heavy atom. The molecule has 1 N–H and O–H groups in total. The molecule has 0 aromatic carbocycles. The lowest BCUT2D eigenvalue weighted by atomic mass is 9.94. The van der Waals surface area contributed by atoms with Gasteiger partial charge in [-0.25, -0.2) is 0 Å². The van der Waals surface area contributed by atoms with Crippen LogP contribution in [0.5, 0.6) is 0 Å². The van der Waals surface area contributed by atoms with Crippen molar-refractivity contribution in [1.29, 1.82) is 0 Å². The van der Waals surface area contributed by atoms with Crippen molar-refractivity contribution in [3.05, 3.63) is 0 Å². The molecule has 19 heavy (non-hydrogen) atoms. The third-order valence-corrected chi connectivity index (χ3v) is 6.33. The lowest BCUT2D eigenvalue weighted by Gasteiger charge is -2.31. The van der Waals surface area contributed by atoms with Crippen molar-refractivity contribution >= 4 is 11.8 Å². The first-order valence-electron chi connectivity index (χ1n) is 8.14. The van der Waals surface area contributed by atoms with Gasteiger partial charge in [0.05, 0.1) is 0 Å². The zero-order valence-electron chi connectivity index (χ0n) is 13.1. The van der Waals surface area contributed by atoms with Crippen LogP contribution in [0.15, 0.2) is 0 Å². The van der Waals surface area contributed by atoms with Gasteiger partial charge in [0.15, 0.2) is 0 Å². The number of hydrogen-bond acceptors (Lipinski definition) is 3. The van der Waals surface area contributed by atoms with E-state index in [1.54, 1.807) is 0 Å². The molecule has 2 atom stereocenters. The van der Waals surface area contributed by atoms with Crippen LogP contribution in [0, 0.1) is 5.92 Å². The number of rotatable bonds is 3. The van der Waals surface area contributed by atoms with Crippen molar-refractivity contribution in [2.45, 2.75) is 63.2 Å². The van der Waals surface area contributed by atoms with Gasteiger partial charge < -0.3 is 10.2 Å². The smallest absolute Gasteiger partial charge is 0.0116 e. The van der Waals surface area contributed by atoms with Gasteiger partial charge in [-0.1, -0.05) is 33.1 Å². The van der Waals surface area contributed by atoms with Gasteiger partial charge in [0.1, 0.15) is 0 Å². The molecule has 0 bridgehead atoms. The maximum atomic E-state index is 3.58. The van der Waals surface area contributed by atoms with Gasteiger partial charge in [-0.2, -0.15) is 11.8 Å². The third-order valence-electron chi connectivity index (χ3n) is 4.95. The minimum Gasteiger partial charge on any atom is -0.317 e. The normalized spacial score (nSPS) is 33.6. The fourth-order valence-corrected chi connectivity index (χ4v) is 4.70. The van der Waals surface area contributed by atoms with E-state index in [0.29, 0.717) is 4.75 Å². The highest BCUT2D eigenvalue weighted by atomic mass is 32.2. The van der Waals surface area contributed by atoms with E-state index >= 15 is 0 Å². The van der Waals surface area contributed by atoms with Crippen molar-refractivity contribution in [3.8, 4) is 0 Å². The Hall–Kier alpha value is 0.270. The van der Waals surface area contributed by atoms with Gasteiger partial charge in [0.25, 0.3) is 0 Å². The highest BCUT2D eigenvalue weighted by Crippen LogP contribution is 2.32. The summed E-state index contributed by atoms with van der Waals surface area (Å²) in [5.41, 5.74) is 0.